The second-order valence-corrected chi connectivity index (χ2v) is 7.56. The van der Waals surface area contributed by atoms with Crippen molar-refractivity contribution in [2.45, 2.75) is 19.3 Å². The summed E-state index contributed by atoms with van der Waals surface area (Å²) in [6.07, 6.45) is 2.13. The van der Waals surface area contributed by atoms with E-state index in [0.29, 0.717) is 12.0 Å². The van der Waals surface area contributed by atoms with Gasteiger partial charge in [-0.2, -0.15) is 0 Å². The number of rotatable bonds is 3. The highest BCUT2D eigenvalue weighted by atomic mass is 16.2. The summed E-state index contributed by atoms with van der Waals surface area (Å²) in [7, 11) is 2.15. The summed E-state index contributed by atoms with van der Waals surface area (Å²) in [5.41, 5.74) is 4.41. The maximum Gasteiger partial charge on any atom is 0.255 e. The van der Waals surface area contributed by atoms with Crippen LogP contribution < -0.4 is 15.5 Å². The Kier molecular flexibility index (Phi) is 5.30. The normalized spacial score (nSPS) is 17.5. The van der Waals surface area contributed by atoms with Gasteiger partial charge in [0, 0.05) is 55.2 Å². The highest BCUT2D eigenvalue weighted by molar-refractivity contribution is 6.05. The van der Waals surface area contributed by atoms with E-state index >= 15 is 0 Å². The molecule has 0 bridgehead atoms. The first-order valence-electron chi connectivity index (χ1n) is 9.86. The molecule has 2 aliphatic heterocycles. The summed E-state index contributed by atoms with van der Waals surface area (Å²) in [6, 6.07) is 13.5. The van der Waals surface area contributed by atoms with E-state index in [-0.39, 0.29) is 11.8 Å². The molecule has 0 saturated carbocycles. The highest BCUT2D eigenvalue weighted by Gasteiger charge is 2.16. The van der Waals surface area contributed by atoms with E-state index in [1.807, 2.05) is 24.3 Å². The van der Waals surface area contributed by atoms with Crippen molar-refractivity contribution in [3.05, 3.63) is 53.6 Å². The minimum Gasteiger partial charge on any atom is -0.369 e. The number of aryl methyl sites for hydroxylation is 1. The predicted molar refractivity (Wildman–Crippen MR) is 112 cm³/mol. The number of nitrogens with one attached hydrogen (secondary N) is 2. The van der Waals surface area contributed by atoms with Crippen molar-refractivity contribution in [3.63, 3.8) is 0 Å². The Bertz CT molecular complexity index is 871. The van der Waals surface area contributed by atoms with Crippen LogP contribution in [0.5, 0.6) is 0 Å². The van der Waals surface area contributed by atoms with E-state index in [9.17, 15) is 9.59 Å². The number of benzene rings is 2. The monoisotopic (exact) mass is 378 g/mol. The van der Waals surface area contributed by atoms with Crippen LogP contribution in [0.1, 0.15) is 28.8 Å². The van der Waals surface area contributed by atoms with Gasteiger partial charge in [-0.3, -0.25) is 9.59 Å². The SMILES string of the molecule is CN1CCN(c2ccc(NC(=O)c3ccc4c(c3)CCCC(=O)N4)cc2)CC1. The number of piperazine rings is 1. The Morgan fingerprint density at radius 3 is 2.50 bits per heavy atom. The van der Waals surface area contributed by atoms with Gasteiger partial charge in [-0.25, -0.2) is 0 Å². The molecule has 28 heavy (non-hydrogen) atoms. The molecule has 0 spiro atoms. The Labute approximate surface area is 165 Å². The molecule has 6 heteroatoms. The predicted octanol–water partition coefficient (Wildman–Crippen LogP) is 2.97. The standard InChI is InChI=1S/C22H26N4O2/c1-25-11-13-26(14-12-25)19-8-6-18(7-9-19)23-22(28)17-5-10-20-16(15-17)3-2-4-21(27)24-20/h5-10,15H,2-4,11-14H2,1H3,(H,23,28)(H,24,27). The van der Waals surface area contributed by atoms with E-state index in [1.165, 1.54) is 5.69 Å². The van der Waals surface area contributed by atoms with Crippen molar-refractivity contribution >= 4 is 28.9 Å². The lowest BCUT2D eigenvalue weighted by molar-refractivity contribution is -0.116. The van der Waals surface area contributed by atoms with Crippen LogP contribution in [0.25, 0.3) is 0 Å². The molecule has 0 aliphatic carbocycles. The number of amides is 2. The first-order valence-corrected chi connectivity index (χ1v) is 9.86. The molecule has 146 valence electrons. The number of fused-ring (bicyclic) bond motifs is 1. The van der Waals surface area contributed by atoms with Crippen LogP contribution in [0.3, 0.4) is 0 Å². The van der Waals surface area contributed by atoms with Crippen LogP contribution in [-0.2, 0) is 11.2 Å². The van der Waals surface area contributed by atoms with E-state index in [2.05, 4.69) is 39.6 Å². The number of carbonyl (C=O) groups excluding carboxylic acids is 2. The summed E-state index contributed by atoms with van der Waals surface area (Å²) in [4.78, 5) is 29.0. The van der Waals surface area contributed by atoms with E-state index in [1.54, 1.807) is 6.07 Å². The first kappa shape index (κ1) is 18.5. The fraction of sp³-hybridized carbons (Fsp3) is 0.364. The Balaban J connectivity index is 1.42. The lowest BCUT2D eigenvalue weighted by Gasteiger charge is -2.34. The number of likely N-dealkylation sites (N-methyl/N-ethyl adjacent to an activating group) is 1. The van der Waals surface area contributed by atoms with Crippen molar-refractivity contribution in [1.29, 1.82) is 0 Å². The highest BCUT2D eigenvalue weighted by Crippen LogP contribution is 2.24. The zero-order chi connectivity index (χ0) is 19.5. The summed E-state index contributed by atoms with van der Waals surface area (Å²) in [5.74, 6) is -0.0953. The van der Waals surface area contributed by atoms with Crippen LogP contribution >= 0.6 is 0 Å². The molecule has 1 saturated heterocycles. The van der Waals surface area contributed by atoms with Crippen molar-refractivity contribution in [1.82, 2.24) is 4.90 Å². The maximum atomic E-state index is 12.7. The van der Waals surface area contributed by atoms with Crippen LogP contribution in [0, 0.1) is 0 Å². The summed E-state index contributed by atoms with van der Waals surface area (Å²) < 4.78 is 0. The van der Waals surface area contributed by atoms with Gasteiger partial charge >= 0.3 is 0 Å². The molecular weight excluding hydrogens is 352 g/mol. The second-order valence-electron chi connectivity index (χ2n) is 7.56. The molecule has 2 heterocycles. The smallest absolute Gasteiger partial charge is 0.255 e. The quantitative estimate of drug-likeness (QED) is 0.862. The number of anilines is 3. The van der Waals surface area contributed by atoms with Gasteiger partial charge in [0.2, 0.25) is 5.91 Å². The minimum atomic E-state index is -0.134. The fourth-order valence-electron chi connectivity index (χ4n) is 3.74. The molecule has 2 aliphatic rings. The Hall–Kier alpha value is -2.86. The number of hydrogen-bond acceptors (Lipinski definition) is 4. The molecule has 0 atom stereocenters. The third-order valence-corrected chi connectivity index (χ3v) is 5.49. The van der Waals surface area contributed by atoms with Crippen molar-refractivity contribution < 1.29 is 9.59 Å². The lowest BCUT2D eigenvalue weighted by Crippen LogP contribution is -2.44. The average Bonchev–Trinajstić information content (AvgIpc) is 2.89. The molecule has 2 aromatic rings. The number of carbonyl (C=O) groups is 2. The van der Waals surface area contributed by atoms with Crippen molar-refractivity contribution in [2.24, 2.45) is 0 Å². The lowest BCUT2D eigenvalue weighted by atomic mass is 10.0. The van der Waals surface area contributed by atoms with Gasteiger partial charge in [0.05, 0.1) is 0 Å². The van der Waals surface area contributed by atoms with Gasteiger partial charge in [-0.1, -0.05) is 0 Å². The minimum absolute atomic E-state index is 0.0383. The summed E-state index contributed by atoms with van der Waals surface area (Å²) in [6.45, 7) is 4.18. The second kappa shape index (κ2) is 8.02. The van der Waals surface area contributed by atoms with Crippen LogP contribution in [0.15, 0.2) is 42.5 Å². The molecule has 0 radical (unpaired) electrons. The van der Waals surface area contributed by atoms with Gasteiger partial charge < -0.3 is 20.4 Å². The first-order chi connectivity index (χ1) is 13.6. The van der Waals surface area contributed by atoms with Gasteiger partial charge in [0.15, 0.2) is 0 Å². The molecule has 0 unspecified atom stereocenters. The fourth-order valence-corrected chi connectivity index (χ4v) is 3.74. The number of hydrogen-bond donors (Lipinski definition) is 2. The van der Waals surface area contributed by atoms with E-state index in [4.69, 9.17) is 0 Å². The molecule has 1 fully saturated rings. The molecule has 4 rings (SSSR count). The third kappa shape index (κ3) is 4.17. The van der Waals surface area contributed by atoms with Gasteiger partial charge in [0.1, 0.15) is 0 Å². The third-order valence-electron chi connectivity index (χ3n) is 5.49. The zero-order valence-electron chi connectivity index (χ0n) is 16.2. The van der Waals surface area contributed by atoms with Crippen LogP contribution in [0.4, 0.5) is 17.1 Å². The largest absolute Gasteiger partial charge is 0.369 e. The summed E-state index contributed by atoms with van der Waals surface area (Å²) in [5, 5.41) is 5.87. The Morgan fingerprint density at radius 2 is 1.75 bits per heavy atom. The van der Waals surface area contributed by atoms with Gasteiger partial charge in [-0.05, 0) is 67.9 Å². The zero-order valence-corrected chi connectivity index (χ0v) is 16.2. The topological polar surface area (TPSA) is 64.7 Å². The van der Waals surface area contributed by atoms with E-state index in [0.717, 1.165) is 56.0 Å². The maximum absolute atomic E-state index is 12.7. The van der Waals surface area contributed by atoms with Crippen molar-refractivity contribution in [3.8, 4) is 0 Å². The van der Waals surface area contributed by atoms with E-state index < -0.39 is 0 Å². The summed E-state index contributed by atoms with van der Waals surface area (Å²) >= 11 is 0. The molecule has 2 aromatic carbocycles. The Morgan fingerprint density at radius 1 is 1.00 bits per heavy atom. The van der Waals surface area contributed by atoms with Crippen LogP contribution in [0.2, 0.25) is 0 Å². The van der Waals surface area contributed by atoms with Gasteiger partial charge in [0.25, 0.3) is 5.91 Å². The van der Waals surface area contributed by atoms with Crippen molar-refractivity contribution in [2.75, 3.05) is 48.8 Å². The molecule has 2 amide bonds. The number of nitrogens with zero attached hydrogens (tertiary/aromatic N) is 2. The molecule has 0 aromatic heterocycles. The molecule has 6 nitrogen and oxygen atoms in total. The van der Waals surface area contributed by atoms with Crippen LogP contribution in [-0.4, -0.2) is 49.9 Å². The average molecular weight is 378 g/mol. The molecule has 2 N–H and O–H groups in total. The molecular formula is C22H26N4O2. The van der Waals surface area contributed by atoms with Gasteiger partial charge in [-0.15, -0.1) is 0 Å².